The third-order valence-corrected chi connectivity index (χ3v) is 3.88. The maximum Gasteiger partial charge on any atom is 0.143 e. The van der Waals surface area contributed by atoms with Crippen molar-refractivity contribution >= 4 is 28.4 Å². The highest BCUT2D eigenvalue weighted by Crippen LogP contribution is 2.42. The van der Waals surface area contributed by atoms with E-state index in [-0.39, 0.29) is 5.41 Å². The Kier molecular flexibility index (Phi) is 3.61. The van der Waals surface area contributed by atoms with Crippen LogP contribution in [0.1, 0.15) is 51.0 Å². The molecule has 1 N–H and O–H groups in total. The molecule has 1 aliphatic rings. The highest BCUT2D eigenvalue weighted by Gasteiger charge is 2.29. The van der Waals surface area contributed by atoms with Gasteiger partial charge in [0.15, 0.2) is 0 Å². The van der Waals surface area contributed by atoms with Gasteiger partial charge in [-0.2, -0.15) is 0 Å². The van der Waals surface area contributed by atoms with Gasteiger partial charge in [-0.3, -0.25) is 0 Å². The second-order valence-electron chi connectivity index (χ2n) is 5.95. The fraction of sp³-hybridized carbons (Fsp3) is 0.692. The first kappa shape index (κ1) is 13.1. The first-order chi connectivity index (χ1) is 7.90. The fourth-order valence-corrected chi connectivity index (χ4v) is 2.81. The van der Waals surface area contributed by atoms with Gasteiger partial charge in [-0.15, -0.1) is 0 Å². The van der Waals surface area contributed by atoms with Crippen LogP contribution in [0.25, 0.3) is 0 Å². The van der Waals surface area contributed by atoms with E-state index in [9.17, 15) is 0 Å². The Hall–Kier alpha value is -0.390. The molecule has 4 heteroatoms. The number of anilines is 1. The first-order valence-electron chi connectivity index (χ1n) is 6.15. The zero-order valence-electron chi connectivity index (χ0n) is 11.0. The molecule has 1 aliphatic carbocycles. The van der Waals surface area contributed by atoms with E-state index in [1.807, 2.05) is 7.05 Å². The van der Waals surface area contributed by atoms with Crippen LogP contribution >= 0.6 is 22.6 Å². The van der Waals surface area contributed by atoms with Crippen LogP contribution in [0.4, 0.5) is 5.82 Å². The molecular formula is C13H20IN3. The van der Waals surface area contributed by atoms with Gasteiger partial charge in [0.2, 0.25) is 0 Å². The number of nitrogens with zero attached hydrogens (tertiary/aromatic N) is 2. The molecule has 0 amide bonds. The molecule has 94 valence electrons. The molecule has 0 saturated heterocycles. The zero-order valence-corrected chi connectivity index (χ0v) is 13.1. The van der Waals surface area contributed by atoms with E-state index < -0.39 is 0 Å². The molecule has 1 aromatic heterocycles. The van der Waals surface area contributed by atoms with Crippen LogP contribution in [0.3, 0.4) is 0 Å². The predicted molar refractivity (Wildman–Crippen MR) is 79.4 cm³/mol. The molecule has 3 nitrogen and oxygen atoms in total. The summed E-state index contributed by atoms with van der Waals surface area (Å²) in [5, 5.41) is 3.19. The van der Waals surface area contributed by atoms with Gasteiger partial charge in [-0.1, -0.05) is 20.8 Å². The third-order valence-electron chi connectivity index (χ3n) is 2.81. The van der Waals surface area contributed by atoms with E-state index in [1.165, 1.54) is 22.1 Å². The molecule has 1 heterocycles. The Labute approximate surface area is 117 Å². The van der Waals surface area contributed by atoms with Crippen LogP contribution in [0.15, 0.2) is 0 Å². The van der Waals surface area contributed by atoms with Crippen molar-refractivity contribution in [2.45, 2.75) is 46.0 Å². The van der Waals surface area contributed by atoms with Gasteiger partial charge in [0, 0.05) is 19.4 Å². The summed E-state index contributed by atoms with van der Waals surface area (Å²) >= 11 is 2.36. The second kappa shape index (κ2) is 4.71. The van der Waals surface area contributed by atoms with E-state index in [4.69, 9.17) is 4.98 Å². The molecule has 2 rings (SSSR count). The van der Waals surface area contributed by atoms with Crippen LogP contribution in [0, 0.1) is 8.99 Å². The summed E-state index contributed by atoms with van der Waals surface area (Å²) in [6, 6.07) is 0. The normalized spacial score (nSPS) is 16.1. The minimum Gasteiger partial charge on any atom is -0.372 e. The molecule has 0 atom stereocenters. The first-order valence-corrected chi connectivity index (χ1v) is 7.22. The standard InChI is InChI=1S/C13H20IN3/c1-13(2,3)7-9-16-11(8-5-6-8)10(14)12(15-4)17-9/h8H,5-7H2,1-4H3,(H,15,16,17). The molecule has 0 spiro atoms. The molecule has 0 aromatic carbocycles. The molecule has 0 bridgehead atoms. The van der Waals surface area contributed by atoms with E-state index in [0.717, 1.165) is 18.1 Å². The minimum absolute atomic E-state index is 0.235. The second-order valence-corrected chi connectivity index (χ2v) is 7.03. The largest absolute Gasteiger partial charge is 0.372 e. The van der Waals surface area contributed by atoms with Gasteiger partial charge in [0.05, 0.1) is 9.26 Å². The monoisotopic (exact) mass is 345 g/mol. The topological polar surface area (TPSA) is 37.8 Å². The van der Waals surface area contributed by atoms with Gasteiger partial charge in [0.25, 0.3) is 0 Å². The quantitative estimate of drug-likeness (QED) is 0.851. The third kappa shape index (κ3) is 3.30. The average molecular weight is 345 g/mol. The summed E-state index contributed by atoms with van der Waals surface area (Å²) in [7, 11) is 1.93. The Morgan fingerprint density at radius 2 is 1.94 bits per heavy atom. The van der Waals surface area contributed by atoms with E-state index >= 15 is 0 Å². The van der Waals surface area contributed by atoms with Crippen molar-refractivity contribution in [3.63, 3.8) is 0 Å². The molecule has 0 unspecified atom stereocenters. The highest BCUT2D eigenvalue weighted by atomic mass is 127. The van der Waals surface area contributed by atoms with Crippen LogP contribution in [0.5, 0.6) is 0 Å². The van der Waals surface area contributed by atoms with Gasteiger partial charge < -0.3 is 5.32 Å². The highest BCUT2D eigenvalue weighted by molar-refractivity contribution is 14.1. The SMILES string of the molecule is CNc1nc(CC(C)(C)C)nc(C2CC2)c1I. The number of aromatic nitrogens is 2. The Bertz CT molecular complexity index is 419. The van der Waals surface area contributed by atoms with Crippen molar-refractivity contribution in [2.75, 3.05) is 12.4 Å². The van der Waals surface area contributed by atoms with Gasteiger partial charge in [-0.25, -0.2) is 9.97 Å². The van der Waals surface area contributed by atoms with Crippen LogP contribution in [-0.4, -0.2) is 17.0 Å². The number of hydrogen-bond donors (Lipinski definition) is 1. The van der Waals surface area contributed by atoms with Gasteiger partial charge in [0.1, 0.15) is 11.6 Å². The summed E-state index contributed by atoms with van der Waals surface area (Å²) in [6.45, 7) is 6.68. The molecule has 0 aliphatic heterocycles. The summed E-state index contributed by atoms with van der Waals surface area (Å²) in [5.41, 5.74) is 1.49. The summed E-state index contributed by atoms with van der Waals surface area (Å²) < 4.78 is 1.20. The Balaban J connectivity index is 2.36. The molecular weight excluding hydrogens is 325 g/mol. The molecule has 1 saturated carbocycles. The van der Waals surface area contributed by atoms with Crippen LogP contribution in [-0.2, 0) is 6.42 Å². The van der Waals surface area contributed by atoms with Crippen molar-refractivity contribution < 1.29 is 0 Å². The molecule has 1 aromatic rings. The van der Waals surface area contributed by atoms with E-state index in [0.29, 0.717) is 5.92 Å². The van der Waals surface area contributed by atoms with Crippen LogP contribution < -0.4 is 5.32 Å². The van der Waals surface area contributed by atoms with Gasteiger partial charge >= 0.3 is 0 Å². The van der Waals surface area contributed by atoms with Crippen molar-refractivity contribution in [1.82, 2.24) is 9.97 Å². The summed E-state index contributed by atoms with van der Waals surface area (Å²) in [5.74, 6) is 2.64. The smallest absolute Gasteiger partial charge is 0.143 e. The van der Waals surface area contributed by atoms with Crippen molar-refractivity contribution in [2.24, 2.45) is 5.41 Å². The molecule has 0 radical (unpaired) electrons. The molecule has 1 fully saturated rings. The lowest BCUT2D eigenvalue weighted by atomic mass is 9.92. The van der Waals surface area contributed by atoms with E-state index in [2.05, 4.69) is 53.7 Å². The lowest BCUT2D eigenvalue weighted by Crippen LogP contribution is -2.15. The minimum atomic E-state index is 0.235. The number of nitrogens with one attached hydrogen (secondary N) is 1. The van der Waals surface area contributed by atoms with Crippen molar-refractivity contribution in [1.29, 1.82) is 0 Å². The van der Waals surface area contributed by atoms with E-state index in [1.54, 1.807) is 0 Å². The Morgan fingerprint density at radius 1 is 1.29 bits per heavy atom. The Morgan fingerprint density at radius 3 is 2.41 bits per heavy atom. The lowest BCUT2D eigenvalue weighted by Gasteiger charge is -2.18. The van der Waals surface area contributed by atoms with Gasteiger partial charge in [-0.05, 0) is 40.8 Å². The predicted octanol–water partition coefficient (Wildman–Crippen LogP) is 3.59. The lowest BCUT2D eigenvalue weighted by molar-refractivity contribution is 0.400. The number of rotatable bonds is 3. The van der Waals surface area contributed by atoms with Crippen molar-refractivity contribution in [3.05, 3.63) is 15.1 Å². The number of halogens is 1. The summed E-state index contributed by atoms with van der Waals surface area (Å²) in [6.07, 6.45) is 3.49. The van der Waals surface area contributed by atoms with Crippen molar-refractivity contribution in [3.8, 4) is 0 Å². The summed E-state index contributed by atoms with van der Waals surface area (Å²) in [4.78, 5) is 9.39. The van der Waals surface area contributed by atoms with Crippen LogP contribution in [0.2, 0.25) is 0 Å². The maximum atomic E-state index is 4.77. The maximum absolute atomic E-state index is 4.77. The zero-order chi connectivity index (χ0) is 12.6. The molecule has 17 heavy (non-hydrogen) atoms. The fourth-order valence-electron chi connectivity index (χ4n) is 1.86. The average Bonchev–Trinajstić information content (AvgIpc) is 3.01. The number of hydrogen-bond acceptors (Lipinski definition) is 3.